The van der Waals surface area contributed by atoms with Gasteiger partial charge in [0.1, 0.15) is 5.82 Å². The van der Waals surface area contributed by atoms with Gasteiger partial charge in [0.05, 0.1) is 10.5 Å². The quantitative estimate of drug-likeness (QED) is 0.804. The van der Waals surface area contributed by atoms with Gasteiger partial charge in [-0.15, -0.1) is 0 Å². The Morgan fingerprint density at radius 3 is 2.78 bits per heavy atom. The molecular formula is C17H22ClN5. The summed E-state index contributed by atoms with van der Waals surface area (Å²) in [6.45, 7) is 5.98. The minimum absolute atomic E-state index is 0.510. The number of nitrogens with zero attached hydrogens (tertiary/aromatic N) is 2. The van der Waals surface area contributed by atoms with Crippen LogP contribution < -0.4 is 20.9 Å². The van der Waals surface area contributed by atoms with Crippen LogP contribution in [0.15, 0.2) is 24.3 Å². The number of halogens is 1. The highest BCUT2D eigenvalue weighted by Crippen LogP contribution is 2.29. The summed E-state index contributed by atoms with van der Waals surface area (Å²) in [5.41, 5.74) is 2.14. The third-order valence-corrected chi connectivity index (χ3v) is 4.88. The molecule has 0 aliphatic carbocycles. The van der Waals surface area contributed by atoms with Crippen LogP contribution in [0.2, 0.25) is 5.02 Å². The van der Waals surface area contributed by atoms with E-state index in [0.29, 0.717) is 6.04 Å². The lowest BCUT2D eigenvalue weighted by Crippen LogP contribution is -2.44. The third kappa shape index (κ3) is 3.22. The maximum absolute atomic E-state index is 6.50. The van der Waals surface area contributed by atoms with Gasteiger partial charge in [-0.1, -0.05) is 11.6 Å². The summed E-state index contributed by atoms with van der Waals surface area (Å²) >= 11 is 6.50. The lowest BCUT2D eigenvalue weighted by molar-refractivity contribution is 0.585. The van der Waals surface area contributed by atoms with Gasteiger partial charge in [0.25, 0.3) is 0 Å². The largest absolute Gasteiger partial charge is 0.381 e. The van der Waals surface area contributed by atoms with E-state index in [1.54, 1.807) is 0 Å². The Kier molecular flexibility index (Phi) is 4.25. The van der Waals surface area contributed by atoms with Crippen molar-refractivity contribution in [3.8, 4) is 0 Å². The summed E-state index contributed by atoms with van der Waals surface area (Å²) in [5, 5.41) is 12.1. The highest BCUT2D eigenvalue weighted by Gasteiger charge is 2.17. The first-order valence-electron chi connectivity index (χ1n) is 8.33. The Labute approximate surface area is 141 Å². The number of hydrogen-bond acceptors (Lipinski definition) is 5. The molecule has 1 aromatic carbocycles. The number of pyridine rings is 1. The summed E-state index contributed by atoms with van der Waals surface area (Å²) < 4.78 is 0. The monoisotopic (exact) mass is 331 g/mol. The smallest absolute Gasteiger partial charge is 0.148 e. The molecule has 2 aromatic rings. The molecule has 0 unspecified atom stereocenters. The normalized spacial score (nSPS) is 21.8. The molecule has 3 N–H and O–H groups in total. The first kappa shape index (κ1) is 15.0. The van der Waals surface area contributed by atoms with Gasteiger partial charge in [0.15, 0.2) is 0 Å². The minimum atomic E-state index is 0.510. The van der Waals surface area contributed by atoms with E-state index in [9.17, 15) is 0 Å². The molecule has 1 aromatic heterocycles. The molecule has 2 fully saturated rings. The van der Waals surface area contributed by atoms with Crippen molar-refractivity contribution in [2.75, 3.05) is 49.5 Å². The molecule has 122 valence electrons. The number of benzene rings is 1. The number of nitrogens with one attached hydrogen (secondary N) is 3. The van der Waals surface area contributed by atoms with Crippen LogP contribution in [0, 0.1) is 0 Å². The number of fused-ring (bicyclic) bond motifs is 1. The highest BCUT2D eigenvalue weighted by molar-refractivity contribution is 6.33. The molecule has 2 aliphatic heterocycles. The average Bonchev–Trinajstić information content (AvgIpc) is 3.08. The van der Waals surface area contributed by atoms with Crippen molar-refractivity contribution in [1.82, 2.24) is 15.6 Å². The zero-order valence-electron chi connectivity index (χ0n) is 13.1. The van der Waals surface area contributed by atoms with Crippen molar-refractivity contribution in [2.45, 2.75) is 12.5 Å². The van der Waals surface area contributed by atoms with Crippen molar-refractivity contribution in [2.24, 2.45) is 0 Å². The van der Waals surface area contributed by atoms with Gasteiger partial charge in [-0.2, -0.15) is 0 Å². The molecule has 5 nitrogen and oxygen atoms in total. The number of rotatable bonds is 3. The molecule has 6 heteroatoms. The molecule has 0 spiro atoms. The molecule has 3 heterocycles. The first-order chi connectivity index (χ1) is 11.3. The number of piperazine rings is 1. The molecule has 1 atom stereocenters. The minimum Gasteiger partial charge on any atom is -0.381 e. The predicted octanol–water partition coefficient (Wildman–Crippen LogP) is 2.07. The molecule has 0 amide bonds. The molecule has 0 bridgehead atoms. The molecule has 2 saturated heterocycles. The van der Waals surface area contributed by atoms with Crippen molar-refractivity contribution >= 4 is 34.0 Å². The van der Waals surface area contributed by atoms with Crippen LogP contribution in [-0.2, 0) is 0 Å². The molecule has 4 rings (SSSR count). The van der Waals surface area contributed by atoms with E-state index in [0.717, 1.165) is 66.7 Å². The van der Waals surface area contributed by atoms with Gasteiger partial charge >= 0.3 is 0 Å². The second-order valence-corrected chi connectivity index (χ2v) is 6.68. The first-order valence-corrected chi connectivity index (χ1v) is 8.70. The molecule has 23 heavy (non-hydrogen) atoms. The second-order valence-electron chi connectivity index (χ2n) is 6.27. The van der Waals surface area contributed by atoms with Gasteiger partial charge < -0.3 is 20.9 Å². The van der Waals surface area contributed by atoms with Gasteiger partial charge in [-0.3, -0.25) is 0 Å². The molecular weight excluding hydrogens is 310 g/mol. The summed E-state index contributed by atoms with van der Waals surface area (Å²) in [6, 6.07) is 8.90. The molecule has 0 radical (unpaired) electrons. The van der Waals surface area contributed by atoms with Gasteiger partial charge in [-0.25, -0.2) is 4.98 Å². The Bertz CT molecular complexity index is 693. The third-order valence-electron chi connectivity index (χ3n) is 4.60. The van der Waals surface area contributed by atoms with Crippen molar-refractivity contribution in [1.29, 1.82) is 0 Å². The summed E-state index contributed by atoms with van der Waals surface area (Å²) in [4.78, 5) is 7.06. The summed E-state index contributed by atoms with van der Waals surface area (Å²) in [6.07, 6.45) is 1.17. The van der Waals surface area contributed by atoms with Crippen LogP contribution in [0.4, 0.5) is 11.5 Å². The van der Waals surface area contributed by atoms with Gasteiger partial charge in [0.2, 0.25) is 0 Å². The fourth-order valence-corrected chi connectivity index (χ4v) is 3.62. The van der Waals surface area contributed by atoms with E-state index in [2.05, 4.69) is 39.0 Å². The fourth-order valence-electron chi connectivity index (χ4n) is 3.34. The SMILES string of the molecule is Clc1cc2cc(N[C@@H]3CCNC3)ccc2nc1N1CCNCC1. The lowest BCUT2D eigenvalue weighted by Gasteiger charge is -2.29. The Hall–Kier alpha value is -1.56. The van der Waals surface area contributed by atoms with E-state index in [4.69, 9.17) is 16.6 Å². The number of anilines is 2. The highest BCUT2D eigenvalue weighted by atomic mass is 35.5. The topological polar surface area (TPSA) is 52.2 Å². The maximum atomic E-state index is 6.50. The lowest BCUT2D eigenvalue weighted by atomic mass is 10.1. The number of hydrogen-bond donors (Lipinski definition) is 3. The summed E-state index contributed by atoms with van der Waals surface area (Å²) in [7, 11) is 0. The van der Waals surface area contributed by atoms with E-state index in [1.807, 2.05) is 6.07 Å². The van der Waals surface area contributed by atoms with E-state index in [1.165, 1.54) is 6.42 Å². The summed E-state index contributed by atoms with van der Waals surface area (Å²) in [5.74, 6) is 0.904. The van der Waals surface area contributed by atoms with Crippen molar-refractivity contribution < 1.29 is 0 Å². The van der Waals surface area contributed by atoms with Gasteiger partial charge in [-0.05, 0) is 37.2 Å². The molecule has 2 aliphatic rings. The fraction of sp³-hybridized carbons (Fsp3) is 0.471. The zero-order chi connectivity index (χ0) is 15.6. The van der Waals surface area contributed by atoms with Crippen LogP contribution in [0.5, 0.6) is 0 Å². The second kappa shape index (κ2) is 6.51. The van der Waals surface area contributed by atoms with Crippen LogP contribution in [0.1, 0.15) is 6.42 Å². The number of aromatic nitrogens is 1. The van der Waals surface area contributed by atoms with Crippen LogP contribution in [-0.4, -0.2) is 50.3 Å². The maximum Gasteiger partial charge on any atom is 0.148 e. The molecule has 0 saturated carbocycles. The average molecular weight is 332 g/mol. The van der Waals surface area contributed by atoms with E-state index >= 15 is 0 Å². The Balaban J connectivity index is 1.61. The van der Waals surface area contributed by atoms with Crippen LogP contribution in [0.25, 0.3) is 10.9 Å². The predicted molar refractivity (Wildman–Crippen MR) is 96.7 cm³/mol. The van der Waals surface area contributed by atoms with Crippen molar-refractivity contribution in [3.05, 3.63) is 29.3 Å². The van der Waals surface area contributed by atoms with Gasteiger partial charge in [0, 0.05) is 49.8 Å². The standard InChI is InChI=1S/C17H22ClN5/c18-15-10-12-9-13(21-14-3-4-20-11-14)1-2-16(12)22-17(15)23-7-5-19-6-8-23/h1-2,9-10,14,19-21H,3-8,11H2/t14-/m1/s1. The Morgan fingerprint density at radius 2 is 2.00 bits per heavy atom. The van der Waals surface area contributed by atoms with E-state index in [-0.39, 0.29) is 0 Å². The van der Waals surface area contributed by atoms with E-state index < -0.39 is 0 Å². The zero-order valence-corrected chi connectivity index (χ0v) is 13.9. The van der Waals surface area contributed by atoms with Crippen LogP contribution in [0.3, 0.4) is 0 Å². The van der Waals surface area contributed by atoms with Crippen LogP contribution >= 0.6 is 11.6 Å². The van der Waals surface area contributed by atoms with Crippen molar-refractivity contribution in [3.63, 3.8) is 0 Å². The Morgan fingerprint density at radius 1 is 1.13 bits per heavy atom.